The zero-order chi connectivity index (χ0) is 20.7. The molecule has 2 rings (SSSR count). The van der Waals surface area contributed by atoms with Crippen molar-refractivity contribution < 1.29 is 18.0 Å². The maximum absolute atomic E-state index is 12.0. The van der Waals surface area contributed by atoms with Crippen LogP contribution in [0.5, 0.6) is 0 Å². The maximum Gasteiger partial charge on any atom is 0.264 e. The number of nitrogens with one attached hydrogen (secondary N) is 3. The lowest BCUT2D eigenvalue weighted by Crippen LogP contribution is -2.28. The molecule has 0 saturated heterocycles. The van der Waals surface area contributed by atoms with Crippen LogP contribution in [-0.2, 0) is 19.6 Å². The van der Waals surface area contributed by atoms with Crippen molar-refractivity contribution in [2.75, 3.05) is 17.2 Å². The number of hydrogen-bond acceptors (Lipinski definition) is 7. The number of anilines is 2. The summed E-state index contributed by atoms with van der Waals surface area (Å²) in [5.41, 5.74) is 2.21. The molecular weight excluding hydrogens is 382 g/mol. The SMILES string of the molecule is CC(=O)NS(=O)(=O)c1ccc(NC(=O)CCCNc2nc(C)cc(C)n2)cc1. The van der Waals surface area contributed by atoms with E-state index < -0.39 is 15.9 Å². The van der Waals surface area contributed by atoms with Crippen LogP contribution in [0.15, 0.2) is 35.2 Å². The van der Waals surface area contributed by atoms with Gasteiger partial charge in [-0.3, -0.25) is 9.59 Å². The zero-order valence-electron chi connectivity index (χ0n) is 15.9. The molecule has 0 unspecified atom stereocenters. The molecule has 0 fully saturated rings. The highest BCUT2D eigenvalue weighted by molar-refractivity contribution is 7.90. The summed E-state index contributed by atoms with van der Waals surface area (Å²) in [5, 5.41) is 5.78. The van der Waals surface area contributed by atoms with Gasteiger partial charge in [-0.1, -0.05) is 0 Å². The molecule has 0 spiro atoms. The standard InChI is InChI=1S/C18H23N5O4S/c1-12-11-13(2)21-18(20-12)19-10-4-5-17(25)22-15-6-8-16(9-7-15)28(26,27)23-14(3)24/h6-9,11H,4-5,10H2,1-3H3,(H,22,25)(H,23,24)(H,19,20,21). The van der Waals surface area contributed by atoms with Gasteiger partial charge < -0.3 is 10.6 Å². The predicted octanol–water partition coefficient (Wildman–Crippen LogP) is 1.75. The molecule has 0 saturated carbocycles. The first-order valence-corrected chi connectivity index (χ1v) is 10.1. The number of benzene rings is 1. The summed E-state index contributed by atoms with van der Waals surface area (Å²) in [6.07, 6.45) is 0.862. The molecule has 0 atom stereocenters. The Balaban J connectivity index is 1.80. The van der Waals surface area contributed by atoms with Crippen molar-refractivity contribution in [3.63, 3.8) is 0 Å². The highest BCUT2D eigenvalue weighted by Crippen LogP contribution is 2.14. The van der Waals surface area contributed by atoms with E-state index in [1.54, 1.807) is 0 Å². The van der Waals surface area contributed by atoms with E-state index in [1.807, 2.05) is 24.6 Å². The first-order chi connectivity index (χ1) is 13.2. The van der Waals surface area contributed by atoms with Crippen molar-refractivity contribution >= 4 is 33.5 Å². The quantitative estimate of drug-likeness (QED) is 0.570. The summed E-state index contributed by atoms with van der Waals surface area (Å²) in [4.78, 5) is 31.4. The lowest BCUT2D eigenvalue weighted by atomic mass is 10.2. The number of carbonyl (C=O) groups is 2. The zero-order valence-corrected chi connectivity index (χ0v) is 16.8. The van der Waals surface area contributed by atoms with Gasteiger partial charge in [0.15, 0.2) is 0 Å². The second-order valence-electron chi connectivity index (χ2n) is 6.24. The van der Waals surface area contributed by atoms with Gasteiger partial charge in [0, 0.05) is 37.0 Å². The fourth-order valence-electron chi connectivity index (χ4n) is 2.44. The highest BCUT2D eigenvalue weighted by atomic mass is 32.2. The fraction of sp³-hybridized carbons (Fsp3) is 0.333. The largest absolute Gasteiger partial charge is 0.354 e. The average molecular weight is 405 g/mol. The van der Waals surface area contributed by atoms with Crippen molar-refractivity contribution in [1.82, 2.24) is 14.7 Å². The minimum absolute atomic E-state index is 0.0571. The minimum Gasteiger partial charge on any atom is -0.354 e. The molecular formula is C18H23N5O4S. The summed E-state index contributed by atoms with van der Waals surface area (Å²) < 4.78 is 25.6. The number of sulfonamides is 1. The third kappa shape index (κ3) is 6.62. The van der Waals surface area contributed by atoms with Crippen molar-refractivity contribution in [3.8, 4) is 0 Å². The smallest absolute Gasteiger partial charge is 0.264 e. The van der Waals surface area contributed by atoms with Gasteiger partial charge in [-0.25, -0.2) is 23.1 Å². The van der Waals surface area contributed by atoms with Gasteiger partial charge in [0.2, 0.25) is 17.8 Å². The molecule has 150 valence electrons. The van der Waals surface area contributed by atoms with E-state index in [0.29, 0.717) is 24.6 Å². The Bertz CT molecular complexity index is 938. The predicted molar refractivity (Wildman–Crippen MR) is 105 cm³/mol. The van der Waals surface area contributed by atoms with E-state index in [0.717, 1.165) is 18.3 Å². The molecule has 0 aliphatic rings. The van der Waals surface area contributed by atoms with Crippen LogP contribution in [0.1, 0.15) is 31.2 Å². The number of carbonyl (C=O) groups excluding carboxylic acids is 2. The number of hydrogen-bond donors (Lipinski definition) is 3. The van der Waals surface area contributed by atoms with E-state index in [-0.39, 0.29) is 17.2 Å². The summed E-state index contributed by atoms with van der Waals surface area (Å²) in [6.45, 7) is 5.44. The second-order valence-corrected chi connectivity index (χ2v) is 7.92. The Morgan fingerprint density at radius 2 is 1.64 bits per heavy atom. The van der Waals surface area contributed by atoms with Gasteiger partial charge in [-0.05, 0) is 50.6 Å². The molecule has 0 aliphatic carbocycles. The molecule has 28 heavy (non-hydrogen) atoms. The number of rotatable bonds is 8. The van der Waals surface area contributed by atoms with Crippen molar-refractivity contribution in [3.05, 3.63) is 41.7 Å². The van der Waals surface area contributed by atoms with E-state index in [9.17, 15) is 18.0 Å². The molecule has 0 bridgehead atoms. The van der Waals surface area contributed by atoms with E-state index >= 15 is 0 Å². The molecule has 0 radical (unpaired) electrons. The Kier molecular flexibility index (Phi) is 7.05. The third-order valence-corrected chi connectivity index (χ3v) is 5.02. The Labute approximate surface area is 164 Å². The molecule has 10 heteroatoms. The third-order valence-electron chi connectivity index (χ3n) is 3.57. The Morgan fingerprint density at radius 3 is 2.21 bits per heavy atom. The fourth-order valence-corrected chi connectivity index (χ4v) is 3.43. The molecule has 9 nitrogen and oxygen atoms in total. The Hall–Kier alpha value is -3.01. The van der Waals surface area contributed by atoms with Crippen LogP contribution in [0.2, 0.25) is 0 Å². The number of aromatic nitrogens is 2. The van der Waals surface area contributed by atoms with Crippen molar-refractivity contribution in [2.24, 2.45) is 0 Å². The lowest BCUT2D eigenvalue weighted by molar-refractivity contribution is -0.117. The van der Waals surface area contributed by atoms with Crippen LogP contribution >= 0.6 is 0 Å². The summed E-state index contributed by atoms with van der Waals surface area (Å²) in [5.74, 6) is -0.327. The van der Waals surface area contributed by atoms with Gasteiger partial charge in [0.05, 0.1) is 4.90 Å². The molecule has 0 aliphatic heterocycles. The van der Waals surface area contributed by atoms with Gasteiger partial charge in [0.25, 0.3) is 10.0 Å². The summed E-state index contributed by atoms with van der Waals surface area (Å²) in [7, 11) is -3.89. The normalized spacial score (nSPS) is 11.0. The van der Waals surface area contributed by atoms with Crippen molar-refractivity contribution in [1.29, 1.82) is 0 Å². The van der Waals surface area contributed by atoms with E-state index in [2.05, 4.69) is 20.6 Å². The van der Waals surface area contributed by atoms with E-state index in [4.69, 9.17) is 0 Å². The maximum atomic E-state index is 12.0. The number of aryl methyl sites for hydroxylation is 2. The summed E-state index contributed by atoms with van der Waals surface area (Å²) in [6, 6.07) is 7.45. The number of nitrogens with zero attached hydrogens (tertiary/aromatic N) is 2. The lowest BCUT2D eigenvalue weighted by Gasteiger charge is -2.08. The van der Waals surface area contributed by atoms with Gasteiger partial charge >= 0.3 is 0 Å². The van der Waals surface area contributed by atoms with Crippen LogP contribution in [0.25, 0.3) is 0 Å². The Morgan fingerprint density at radius 1 is 1.04 bits per heavy atom. The molecule has 1 heterocycles. The molecule has 2 amide bonds. The minimum atomic E-state index is -3.89. The summed E-state index contributed by atoms with van der Waals surface area (Å²) >= 11 is 0. The topological polar surface area (TPSA) is 130 Å². The second kappa shape index (κ2) is 9.27. The monoisotopic (exact) mass is 405 g/mol. The molecule has 3 N–H and O–H groups in total. The highest BCUT2D eigenvalue weighted by Gasteiger charge is 2.15. The van der Waals surface area contributed by atoms with E-state index in [1.165, 1.54) is 24.3 Å². The van der Waals surface area contributed by atoms with Crippen molar-refractivity contribution in [2.45, 2.75) is 38.5 Å². The average Bonchev–Trinajstić information content (AvgIpc) is 2.57. The van der Waals surface area contributed by atoms with Gasteiger partial charge in [0.1, 0.15) is 0 Å². The van der Waals surface area contributed by atoms with Crippen LogP contribution < -0.4 is 15.4 Å². The first kappa shape index (κ1) is 21.3. The number of amides is 2. The molecule has 1 aromatic heterocycles. The van der Waals surface area contributed by atoms with Crippen LogP contribution in [0.3, 0.4) is 0 Å². The van der Waals surface area contributed by atoms with Crippen LogP contribution in [-0.4, -0.2) is 36.7 Å². The van der Waals surface area contributed by atoms with Gasteiger partial charge in [-0.15, -0.1) is 0 Å². The van der Waals surface area contributed by atoms with Gasteiger partial charge in [-0.2, -0.15) is 0 Å². The molecule has 2 aromatic rings. The van der Waals surface area contributed by atoms with Crippen LogP contribution in [0, 0.1) is 13.8 Å². The first-order valence-electron chi connectivity index (χ1n) is 8.65. The van der Waals surface area contributed by atoms with Crippen LogP contribution in [0.4, 0.5) is 11.6 Å². The molecule has 1 aromatic carbocycles.